The van der Waals surface area contributed by atoms with Gasteiger partial charge in [-0.2, -0.15) is 0 Å². The molecule has 2 aliphatic heterocycles. The number of amides is 3. The molecule has 2 saturated heterocycles. The zero-order valence-electron chi connectivity index (χ0n) is 27.6. The molecule has 1 unspecified atom stereocenters. The first-order valence-electron chi connectivity index (χ1n) is 16.1. The van der Waals surface area contributed by atoms with Crippen LogP contribution < -0.4 is 0 Å². The van der Waals surface area contributed by atoms with Gasteiger partial charge in [-0.1, -0.05) is 26.0 Å². The number of imidazole rings is 1. The summed E-state index contributed by atoms with van der Waals surface area (Å²) in [5.74, 6) is -3.60. The molecule has 0 saturated carbocycles. The van der Waals surface area contributed by atoms with Crippen LogP contribution in [-0.4, -0.2) is 106 Å². The number of methoxy groups -OCH3 is 1. The smallest absolute Gasteiger partial charge is 0.410 e. The van der Waals surface area contributed by atoms with Crippen molar-refractivity contribution in [3.05, 3.63) is 30.1 Å². The number of likely N-dealkylation sites (tertiary alicyclic amines) is 2. The van der Waals surface area contributed by atoms with Crippen LogP contribution in [0.4, 0.5) is 13.6 Å². The molecule has 12 heteroatoms. The highest BCUT2D eigenvalue weighted by Crippen LogP contribution is 2.31. The van der Waals surface area contributed by atoms with Crippen LogP contribution in [0.25, 0.3) is 11.0 Å². The van der Waals surface area contributed by atoms with Crippen molar-refractivity contribution in [1.82, 2.24) is 24.3 Å². The fraction of sp³-hybridized carbons (Fsp3) is 0.697. The van der Waals surface area contributed by atoms with Crippen LogP contribution in [0.3, 0.4) is 0 Å². The van der Waals surface area contributed by atoms with Gasteiger partial charge in [-0.25, -0.2) is 18.6 Å². The van der Waals surface area contributed by atoms with Gasteiger partial charge in [0, 0.05) is 65.8 Å². The molecule has 2 atom stereocenters. The number of ether oxygens (including phenoxy) is 2. The first-order valence-corrected chi connectivity index (χ1v) is 16.1. The molecule has 1 aromatic carbocycles. The molecule has 0 aliphatic carbocycles. The maximum Gasteiger partial charge on any atom is 0.410 e. The number of para-hydroxylation sites is 2. The number of piperidine rings is 2. The quantitative estimate of drug-likeness (QED) is 0.323. The second-order valence-corrected chi connectivity index (χ2v) is 13.8. The molecule has 0 spiro atoms. The molecule has 1 aromatic heterocycles. The van der Waals surface area contributed by atoms with E-state index in [1.807, 2.05) is 42.7 Å². The van der Waals surface area contributed by atoms with Gasteiger partial charge in [-0.3, -0.25) is 9.59 Å². The average molecular weight is 634 g/mol. The Labute approximate surface area is 265 Å². The number of carbonyl (C=O) groups is 3. The first-order chi connectivity index (χ1) is 21.2. The zero-order valence-corrected chi connectivity index (χ0v) is 27.6. The highest BCUT2D eigenvalue weighted by atomic mass is 19.3. The fourth-order valence-corrected chi connectivity index (χ4v) is 6.17. The number of benzene rings is 1. The third kappa shape index (κ3) is 8.92. The van der Waals surface area contributed by atoms with Crippen LogP contribution in [-0.2, 0) is 20.8 Å². The van der Waals surface area contributed by atoms with E-state index in [-0.39, 0.29) is 56.8 Å². The van der Waals surface area contributed by atoms with Gasteiger partial charge < -0.3 is 28.7 Å². The second kappa shape index (κ2) is 14.4. The lowest BCUT2D eigenvalue weighted by molar-refractivity contribution is -0.144. The predicted octanol–water partition coefficient (Wildman–Crippen LogP) is 5.44. The maximum atomic E-state index is 14.5. The van der Waals surface area contributed by atoms with Crippen molar-refractivity contribution >= 4 is 28.9 Å². The molecule has 250 valence electrons. The Bertz CT molecular complexity index is 1330. The van der Waals surface area contributed by atoms with Gasteiger partial charge in [0.1, 0.15) is 5.60 Å². The SMILES string of the molecule is COCCCCn1c(C(=O)N(CC(C)C)[C@H]2CC(C(=O)N3CCC(F)(F)CC3)CN(C(=O)OC(C)(C)C)C2)nc2ccccc21. The van der Waals surface area contributed by atoms with Crippen LogP contribution >= 0.6 is 0 Å². The maximum absolute atomic E-state index is 14.5. The van der Waals surface area contributed by atoms with E-state index in [0.717, 1.165) is 18.4 Å². The Morgan fingerprint density at radius 3 is 2.40 bits per heavy atom. The number of aromatic nitrogens is 2. The van der Waals surface area contributed by atoms with Gasteiger partial charge in [0.15, 0.2) is 5.82 Å². The summed E-state index contributed by atoms with van der Waals surface area (Å²) in [4.78, 5) is 51.1. The van der Waals surface area contributed by atoms with Gasteiger partial charge in [0.25, 0.3) is 11.8 Å². The van der Waals surface area contributed by atoms with Gasteiger partial charge in [-0.15, -0.1) is 0 Å². The zero-order chi connectivity index (χ0) is 32.9. The summed E-state index contributed by atoms with van der Waals surface area (Å²) >= 11 is 0. The van der Waals surface area contributed by atoms with Crippen molar-refractivity contribution in [2.24, 2.45) is 11.8 Å². The highest BCUT2D eigenvalue weighted by molar-refractivity contribution is 5.95. The van der Waals surface area contributed by atoms with E-state index in [9.17, 15) is 23.2 Å². The lowest BCUT2D eigenvalue weighted by atomic mass is 9.90. The summed E-state index contributed by atoms with van der Waals surface area (Å²) in [6, 6.07) is 7.12. The van der Waals surface area contributed by atoms with E-state index in [1.54, 1.807) is 32.8 Å². The number of alkyl halides is 2. The Balaban J connectivity index is 1.67. The second-order valence-electron chi connectivity index (χ2n) is 13.8. The molecular formula is C33H49F2N5O5. The average Bonchev–Trinajstić information content (AvgIpc) is 3.34. The summed E-state index contributed by atoms with van der Waals surface area (Å²) in [7, 11) is 1.66. The van der Waals surface area contributed by atoms with Crippen molar-refractivity contribution < 1.29 is 32.6 Å². The minimum absolute atomic E-state index is 0.0405. The number of carbonyl (C=O) groups excluding carboxylic acids is 3. The van der Waals surface area contributed by atoms with E-state index < -0.39 is 29.6 Å². The molecular weight excluding hydrogens is 584 g/mol. The van der Waals surface area contributed by atoms with Crippen molar-refractivity contribution in [2.75, 3.05) is 46.4 Å². The van der Waals surface area contributed by atoms with E-state index in [0.29, 0.717) is 37.5 Å². The largest absolute Gasteiger partial charge is 0.444 e. The molecule has 2 aliphatic rings. The molecule has 3 heterocycles. The normalized spacial score (nSPS) is 20.5. The van der Waals surface area contributed by atoms with Crippen LogP contribution in [0.1, 0.15) is 77.3 Å². The molecule has 45 heavy (non-hydrogen) atoms. The van der Waals surface area contributed by atoms with Gasteiger partial charge in [-0.05, 0) is 58.1 Å². The number of hydrogen-bond donors (Lipinski definition) is 0. The van der Waals surface area contributed by atoms with Crippen molar-refractivity contribution in [3.63, 3.8) is 0 Å². The third-order valence-corrected chi connectivity index (χ3v) is 8.33. The topological polar surface area (TPSA) is 97.2 Å². The lowest BCUT2D eigenvalue weighted by Crippen LogP contribution is -2.58. The molecule has 0 N–H and O–H groups in total. The number of nitrogens with zero attached hydrogens (tertiary/aromatic N) is 5. The molecule has 10 nitrogen and oxygen atoms in total. The minimum atomic E-state index is -2.79. The van der Waals surface area contributed by atoms with Crippen LogP contribution in [0.15, 0.2) is 24.3 Å². The number of halogens is 2. The number of fused-ring (bicyclic) bond motifs is 1. The van der Waals surface area contributed by atoms with Gasteiger partial charge in [0.2, 0.25) is 5.91 Å². The summed E-state index contributed by atoms with van der Waals surface area (Å²) < 4.78 is 40.7. The molecule has 4 rings (SSSR count). The highest BCUT2D eigenvalue weighted by Gasteiger charge is 2.43. The van der Waals surface area contributed by atoms with Crippen LogP contribution in [0.2, 0.25) is 0 Å². The Hall–Kier alpha value is -3.28. The van der Waals surface area contributed by atoms with Crippen molar-refractivity contribution in [3.8, 4) is 0 Å². The lowest BCUT2D eigenvalue weighted by Gasteiger charge is -2.44. The monoisotopic (exact) mass is 633 g/mol. The van der Waals surface area contributed by atoms with Gasteiger partial charge in [0.05, 0.1) is 23.0 Å². The van der Waals surface area contributed by atoms with Crippen molar-refractivity contribution in [1.29, 1.82) is 0 Å². The Morgan fingerprint density at radius 1 is 1.07 bits per heavy atom. The summed E-state index contributed by atoms with van der Waals surface area (Å²) in [5, 5.41) is 0. The van der Waals surface area contributed by atoms with E-state index in [4.69, 9.17) is 14.5 Å². The Morgan fingerprint density at radius 2 is 1.76 bits per heavy atom. The first kappa shape index (κ1) is 34.6. The number of hydrogen-bond acceptors (Lipinski definition) is 6. The van der Waals surface area contributed by atoms with Crippen molar-refractivity contribution in [2.45, 2.75) is 90.8 Å². The summed E-state index contributed by atoms with van der Waals surface area (Å²) in [6.07, 6.45) is 0.577. The van der Waals surface area contributed by atoms with Gasteiger partial charge >= 0.3 is 6.09 Å². The minimum Gasteiger partial charge on any atom is -0.444 e. The standard InChI is InChI=1S/C33H49F2N5O5/c1-23(2)20-40(30(42)28-36-26-11-7-8-12-27(26)39(28)15-9-10-18-44-6)25-19-24(21-38(22-25)31(43)45-32(3,4)5)29(41)37-16-13-33(34,35)14-17-37/h7-8,11-12,23-25H,9-10,13-22H2,1-6H3/t24?,25-/m0/s1. The molecule has 2 fully saturated rings. The summed E-state index contributed by atoms with van der Waals surface area (Å²) in [5.41, 5.74) is 0.811. The molecule has 2 aromatic rings. The molecule has 3 amide bonds. The number of rotatable bonds is 10. The van der Waals surface area contributed by atoms with E-state index >= 15 is 0 Å². The van der Waals surface area contributed by atoms with E-state index in [1.165, 1.54) is 9.80 Å². The number of aryl methyl sites for hydroxylation is 1. The van der Waals surface area contributed by atoms with E-state index in [2.05, 4.69) is 0 Å². The molecule has 0 bridgehead atoms. The van der Waals surface area contributed by atoms with Crippen LogP contribution in [0.5, 0.6) is 0 Å². The fourth-order valence-electron chi connectivity index (χ4n) is 6.17. The Kier molecular flexibility index (Phi) is 11.1. The summed E-state index contributed by atoms with van der Waals surface area (Å²) in [6.45, 7) is 11.1. The number of unbranched alkanes of at least 4 members (excludes halogenated alkanes) is 1. The predicted molar refractivity (Wildman–Crippen MR) is 167 cm³/mol. The third-order valence-electron chi connectivity index (χ3n) is 8.33. The van der Waals surface area contributed by atoms with Crippen LogP contribution in [0, 0.1) is 11.8 Å². The molecule has 0 radical (unpaired) electrons.